The SMILES string of the molecule is Cc1cnc(CC2CCN(C(=O)c3ccoc3)C2)n1C1CC1. The number of hydrogen-bond acceptors (Lipinski definition) is 3. The van der Waals surface area contributed by atoms with E-state index in [1.54, 1.807) is 12.3 Å². The summed E-state index contributed by atoms with van der Waals surface area (Å²) in [6, 6.07) is 2.40. The first kappa shape index (κ1) is 13.6. The van der Waals surface area contributed by atoms with Crippen LogP contribution in [0.2, 0.25) is 0 Å². The highest BCUT2D eigenvalue weighted by Crippen LogP contribution is 2.37. The first-order valence-electron chi connectivity index (χ1n) is 8.06. The molecule has 0 bridgehead atoms. The number of aromatic nitrogens is 2. The van der Waals surface area contributed by atoms with Gasteiger partial charge in [-0.05, 0) is 38.2 Å². The molecule has 0 spiro atoms. The summed E-state index contributed by atoms with van der Waals surface area (Å²) in [6.07, 6.45) is 9.64. The molecule has 1 aliphatic heterocycles. The second-order valence-electron chi connectivity index (χ2n) is 6.54. The Hall–Kier alpha value is -2.04. The van der Waals surface area contributed by atoms with Gasteiger partial charge in [0.05, 0.1) is 11.8 Å². The van der Waals surface area contributed by atoms with Crippen LogP contribution in [0.5, 0.6) is 0 Å². The van der Waals surface area contributed by atoms with E-state index in [2.05, 4.69) is 16.5 Å². The van der Waals surface area contributed by atoms with Gasteiger partial charge in [-0.3, -0.25) is 4.79 Å². The Morgan fingerprint density at radius 2 is 2.27 bits per heavy atom. The molecule has 0 N–H and O–H groups in total. The van der Waals surface area contributed by atoms with Crippen LogP contribution in [0.15, 0.2) is 29.2 Å². The van der Waals surface area contributed by atoms with Crippen molar-refractivity contribution >= 4 is 5.91 Å². The van der Waals surface area contributed by atoms with Gasteiger partial charge in [-0.25, -0.2) is 4.98 Å². The molecule has 1 atom stereocenters. The standard InChI is InChI=1S/C17H21N3O2/c1-12-9-18-16(20(12)15-2-3-15)8-13-4-6-19(10-13)17(21)14-5-7-22-11-14/h5,7,9,11,13,15H,2-4,6,8,10H2,1H3. The average Bonchev–Trinajstić information content (AvgIpc) is 2.97. The lowest BCUT2D eigenvalue weighted by Gasteiger charge is -2.16. The Morgan fingerprint density at radius 1 is 1.41 bits per heavy atom. The maximum Gasteiger partial charge on any atom is 0.257 e. The molecule has 2 aromatic rings. The molecular formula is C17H21N3O2. The van der Waals surface area contributed by atoms with Gasteiger partial charge in [-0.1, -0.05) is 0 Å². The van der Waals surface area contributed by atoms with Crippen LogP contribution in [-0.2, 0) is 6.42 Å². The van der Waals surface area contributed by atoms with Crippen molar-refractivity contribution in [1.29, 1.82) is 0 Å². The summed E-state index contributed by atoms with van der Waals surface area (Å²) < 4.78 is 7.41. The van der Waals surface area contributed by atoms with Crippen molar-refractivity contribution in [2.45, 2.75) is 38.6 Å². The number of rotatable bonds is 4. The van der Waals surface area contributed by atoms with Crippen LogP contribution in [0.25, 0.3) is 0 Å². The molecule has 2 aliphatic rings. The second kappa shape index (κ2) is 5.30. The molecule has 0 radical (unpaired) electrons. The Kier molecular flexibility index (Phi) is 3.28. The number of imidazole rings is 1. The van der Waals surface area contributed by atoms with Crippen LogP contribution in [0.4, 0.5) is 0 Å². The van der Waals surface area contributed by atoms with E-state index in [1.165, 1.54) is 30.6 Å². The van der Waals surface area contributed by atoms with Gasteiger partial charge >= 0.3 is 0 Å². The van der Waals surface area contributed by atoms with Gasteiger partial charge in [-0.15, -0.1) is 0 Å². The lowest BCUT2D eigenvalue weighted by Crippen LogP contribution is -2.28. The quantitative estimate of drug-likeness (QED) is 0.872. The Balaban J connectivity index is 1.42. The molecule has 5 nitrogen and oxygen atoms in total. The molecule has 2 aromatic heterocycles. The van der Waals surface area contributed by atoms with E-state index in [0.717, 1.165) is 25.9 Å². The zero-order chi connectivity index (χ0) is 15.1. The van der Waals surface area contributed by atoms with E-state index in [1.807, 2.05) is 11.1 Å². The number of hydrogen-bond donors (Lipinski definition) is 0. The topological polar surface area (TPSA) is 51.3 Å². The molecule has 5 heteroatoms. The van der Waals surface area contributed by atoms with Crippen molar-refractivity contribution in [3.8, 4) is 0 Å². The molecule has 3 heterocycles. The number of nitrogens with zero attached hydrogens (tertiary/aromatic N) is 3. The lowest BCUT2D eigenvalue weighted by molar-refractivity contribution is 0.0786. The van der Waals surface area contributed by atoms with E-state index in [4.69, 9.17) is 4.42 Å². The normalized spacial score (nSPS) is 21.5. The van der Waals surface area contributed by atoms with Crippen molar-refractivity contribution in [1.82, 2.24) is 14.5 Å². The van der Waals surface area contributed by atoms with Gasteiger partial charge in [0.2, 0.25) is 0 Å². The van der Waals surface area contributed by atoms with Gasteiger partial charge in [0, 0.05) is 37.4 Å². The maximum atomic E-state index is 12.3. The van der Waals surface area contributed by atoms with Crippen LogP contribution in [0.3, 0.4) is 0 Å². The fourth-order valence-electron chi connectivity index (χ4n) is 3.49. The summed E-state index contributed by atoms with van der Waals surface area (Å²) in [5.74, 6) is 1.79. The summed E-state index contributed by atoms with van der Waals surface area (Å²) >= 11 is 0. The molecular weight excluding hydrogens is 278 g/mol. The number of likely N-dealkylation sites (tertiary alicyclic amines) is 1. The Labute approximate surface area is 129 Å². The smallest absolute Gasteiger partial charge is 0.257 e. The van der Waals surface area contributed by atoms with E-state index in [9.17, 15) is 4.79 Å². The minimum atomic E-state index is 0.0814. The van der Waals surface area contributed by atoms with E-state index < -0.39 is 0 Å². The molecule has 1 aliphatic carbocycles. The average molecular weight is 299 g/mol. The fourth-order valence-corrected chi connectivity index (χ4v) is 3.49. The highest BCUT2D eigenvalue weighted by molar-refractivity contribution is 5.93. The van der Waals surface area contributed by atoms with Crippen LogP contribution in [-0.4, -0.2) is 33.4 Å². The second-order valence-corrected chi connectivity index (χ2v) is 6.54. The predicted molar refractivity (Wildman–Crippen MR) is 81.7 cm³/mol. The van der Waals surface area contributed by atoms with Gasteiger partial charge in [0.1, 0.15) is 12.1 Å². The summed E-state index contributed by atoms with van der Waals surface area (Å²) in [4.78, 5) is 18.9. The zero-order valence-corrected chi connectivity index (χ0v) is 12.9. The number of aryl methyl sites for hydroxylation is 1. The molecule has 116 valence electrons. The highest BCUT2D eigenvalue weighted by Gasteiger charge is 2.31. The number of carbonyl (C=O) groups excluding carboxylic acids is 1. The number of amides is 1. The van der Waals surface area contributed by atoms with Crippen molar-refractivity contribution in [2.24, 2.45) is 5.92 Å². The third-order valence-electron chi connectivity index (χ3n) is 4.78. The molecule has 1 amide bonds. The lowest BCUT2D eigenvalue weighted by atomic mass is 10.0. The van der Waals surface area contributed by atoms with Crippen molar-refractivity contribution in [3.05, 3.63) is 41.9 Å². The molecule has 0 aromatic carbocycles. The molecule has 1 unspecified atom stereocenters. The van der Waals surface area contributed by atoms with Crippen molar-refractivity contribution < 1.29 is 9.21 Å². The minimum absolute atomic E-state index is 0.0814. The molecule has 2 fully saturated rings. The third-order valence-corrected chi connectivity index (χ3v) is 4.78. The largest absolute Gasteiger partial charge is 0.472 e. The number of furan rings is 1. The van der Waals surface area contributed by atoms with Gasteiger partial charge in [-0.2, -0.15) is 0 Å². The Morgan fingerprint density at radius 3 is 3.00 bits per heavy atom. The molecule has 4 rings (SSSR count). The summed E-state index contributed by atoms with van der Waals surface area (Å²) in [5.41, 5.74) is 1.91. The Bertz CT molecular complexity index is 670. The fraction of sp³-hybridized carbons (Fsp3) is 0.529. The van der Waals surface area contributed by atoms with Gasteiger partial charge in [0.15, 0.2) is 0 Å². The van der Waals surface area contributed by atoms with Crippen LogP contribution in [0, 0.1) is 12.8 Å². The summed E-state index contributed by atoms with van der Waals surface area (Å²) in [7, 11) is 0. The predicted octanol–water partition coefficient (Wildman–Crippen LogP) is 2.82. The maximum absolute atomic E-state index is 12.3. The van der Waals surface area contributed by atoms with E-state index in [0.29, 0.717) is 17.5 Å². The van der Waals surface area contributed by atoms with Gasteiger partial charge in [0.25, 0.3) is 5.91 Å². The molecule has 1 saturated heterocycles. The zero-order valence-electron chi connectivity index (χ0n) is 12.9. The van der Waals surface area contributed by atoms with Crippen LogP contribution in [0.1, 0.15) is 47.2 Å². The van der Waals surface area contributed by atoms with Crippen LogP contribution < -0.4 is 0 Å². The van der Waals surface area contributed by atoms with Crippen molar-refractivity contribution in [3.63, 3.8) is 0 Å². The van der Waals surface area contributed by atoms with Gasteiger partial charge < -0.3 is 13.9 Å². The highest BCUT2D eigenvalue weighted by atomic mass is 16.3. The monoisotopic (exact) mass is 299 g/mol. The molecule has 22 heavy (non-hydrogen) atoms. The number of carbonyl (C=O) groups is 1. The van der Waals surface area contributed by atoms with Crippen molar-refractivity contribution in [2.75, 3.05) is 13.1 Å². The summed E-state index contributed by atoms with van der Waals surface area (Å²) in [5, 5.41) is 0. The summed E-state index contributed by atoms with van der Waals surface area (Å²) in [6.45, 7) is 3.79. The van der Waals surface area contributed by atoms with E-state index >= 15 is 0 Å². The first-order chi connectivity index (χ1) is 10.7. The third kappa shape index (κ3) is 2.45. The molecule has 1 saturated carbocycles. The minimum Gasteiger partial charge on any atom is -0.472 e. The van der Waals surface area contributed by atoms with E-state index in [-0.39, 0.29) is 5.91 Å². The van der Waals surface area contributed by atoms with Crippen LogP contribution >= 0.6 is 0 Å². The first-order valence-corrected chi connectivity index (χ1v) is 8.06.